The van der Waals surface area contributed by atoms with Crippen molar-refractivity contribution in [1.29, 1.82) is 0 Å². The van der Waals surface area contributed by atoms with Gasteiger partial charge in [-0.25, -0.2) is 4.98 Å². The third-order valence-corrected chi connectivity index (χ3v) is 9.66. The molecule has 7 aromatic carbocycles. The van der Waals surface area contributed by atoms with Crippen LogP contribution in [0.2, 0.25) is 0 Å². The van der Waals surface area contributed by atoms with Crippen molar-refractivity contribution in [3.8, 4) is 33.9 Å². The first-order chi connectivity index (χ1) is 23.7. The Morgan fingerprint density at radius 2 is 1.19 bits per heavy atom. The van der Waals surface area contributed by atoms with E-state index < -0.39 is 0 Å². The van der Waals surface area contributed by atoms with E-state index in [9.17, 15) is 0 Å². The lowest BCUT2D eigenvalue weighted by atomic mass is 10.0. The van der Waals surface area contributed by atoms with Gasteiger partial charge in [0.1, 0.15) is 17.0 Å². The zero-order valence-corrected chi connectivity index (χ0v) is 26.3. The van der Waals surface area contributed by atoms with Crippen LogP contribution in [0.25, 0.3) is 88.7 Å². The molecule has 0 amide bonds. The number of hydrogen-bond donors (Lipinski definition) is 0. The molecule has 0 spiro atoms. The Labute approximate surface area is 276 Å². The highest BCUT2D eigenvalue weighted by atomic mass is 16.3. The number of furan rings is 1. The summed E-state index contributed by atoms with van der Waals surface area (Å²) in [7, 11) is 0. The average molecular weight is 616 g/mol. The number of para-hydroxylation sites is 5. The number of hydrogen-bond acceptors (Lipinski definition) is 2. The largest absolute Gasteiger partial charge is 0.455 e. The van der Waals surface area contributed by atoms with Crippen molar-refractivity contribution in [2.45, 2.75) is 6.92 Å². The summed E-state index contributed by atoms with van der Waals surface area (Å²) in [6.45, 7) is 2.15. The third kappa shape index (κ3) is 3.93. The van der Waals surface area contributed by atoms with Crippen LogP contribution in [0.4, 0.5) is 0 Å². The molecule has 4 nitrogen and oxygen atoms in total. The maximum Gasteiger partial charge on any atom is 0.145 e. The Balaban J connectivity index is 1.13. The lowest BCUT2D eigenvalue weighted by Gasteiger charge is -2.12. The molecule has 0 aliphatic rings. The van der Waals surface area contributed by atoms with Crippen LogP contribution < -0.4 is 0 Å². The summed E-state index contributed by atoms with van der Waals surface area (Å²) in [6.07, 6.45) is 0. The third-order valence-electron chi connectivity index (χ3n) is 9.66. The molecule has 10 rings (SSSR count). The zero-order chi connectivity index (χ0) is 31.8. The maximum atomic E-state index is 6.41. The molecule has 3 heterocycles. The Morgan fingerprint density at radius 3 is 2.06 bits per heavy atom. The molecular formula is C44H29N3O. The highest BCUT2D eigenvalue weighted by Crippen LogP contribution is 2.40. The molecule has 0 fully saturated rings. The lowest BCUT2D eigenvalue weighted by molar-refractivity contribution is 0.670. The molecule has 48 heavy (non-hydrogen) atoms. The van der Waals surface area contributed by atoms with Crippen LogP contribution >= 0.6 is 0 Å². The average Bonchev–Trinajstić information content (AvgIpc) is 3.82. The van der Waals surface area contributed by atoms with Gasteiger partial charge in [0.15, 0.2) is 0 Å². The van der Waals surface area contributed by atoms with Gasteiger partial charge in [-0.1, -0.05) is 91.0 Å². The Bertz CT molecular complexity index is 2830. The topological polar surface area (TPSA) is 35.9 Å². The van der Waals surface area contributed by atoms with Crippen molar-refractivity contribution in [2.75, 3.05) is 0 Å². The number of nitrogens with zero attached hydrogens (tertiary/aromatic N) is 3. The smallest absolute Gasteiger partial charge is 0.145 e. The summed E-state index contributed by atoms with van der Waals surface area (Å²) < 4.78 is 11.1. The van der Waals surface area contributed by atoms with Crippen LogP contribution in [0.15, 0.2) is 162 Å². The molecule has 0 radical (unpaired) electrons. The van der Waals surface area contributed by atoms with Gasteiger partial charge >= 0.3 is 0 Å². The molecule has 4 heteroatoms. The van der Waals surface area contributed by atoms with Crippen molar-refractivity contribution in [3.63, 3.8) is 0 Å². The summed E-state index contributed by atoms with van der Waals surface area (Å²) in [5.74, 6) is 0.934. The molecule has 0 unspecified atom stereocenters. The van der Waals surface area contributed by atoms with Crippen LogP contribution in [0.1, 0.15) is 5.56 Å². The highest BCUT2D eigenvalue weighted by Gasteiger charge is 2.18. The normalized spacial score (nSPS) is 11.9. The van der Waals surface area contributed by atoms with Crippen LogP contribution in [0.3, 0.4) is 0 Å². The van der Waals surface area contributed by atoms with Gasteiger partial charge < -0.3 is 8.98 Å². The summed E-state index contributed by atoms with van der Waals surface area (Å²) >= 11 is 0. The number of benzene rings is 7. The van der Waals surface area contributed by atoms with Crippen molar-refractivity contribution >= 4 is 54.8 Å². The van der Waals surface area contributed by atoms with Gasteiger partial charge in [-0.15, -0.1) is 0 Å². The van der Waals surface area contributed by atoms with Gasteiger partial charge in [-0.05, 0) is 84.8 Å². The minimum absolute atomic E-state index is 0.913. The fourth-order valence-corrected chi connectivity index (χ4v) is 7.47. The molecular weight excluding hydrogens is 587 g/mol. The van der Waals surface area contributed by atoms with Crippen molar-refractivity contribution in [3.05, 3.63) is 163 Å². The summed E-state index contributed by atoms with van der Waals surface area (Å²) in [4.78, 5) is 5.13. The number of rotatable bonds is 4. The van der Waals surface area contributed by atoms with Gasteiger partial charge in [0, 0.05) is 44.0 Å². The van der Waals surface area contributed by atoms with Gasteiger partial charge in [-0.2, -0.15) is 0 Å². The molecule has 10 aromatic rings. The van der Waals surface area contributed by atoms with E-state index in [2.05, 4.69) is 162 Å². The molecule has 0 saturated carbocycles. The predicted octanol–water partition coefficient (Wildman–Crippen LogP) is 11.7. The number of imidazole rings is 1. The van der Waals surface area contributed by atoms with Crippen LogP contribution in [0, 0.1) is 6.92 Å². The monoisotopic (exact) mass is 615 g/mol. The van der Waals surface area contributed by atoms with Crippen LogP contribution in [0.5, 0.6) is 0 Å². The van der Waals surface area contributed by atoms with Crippen molar-refractivity contribution < 1.29 is 4.42 Å². The van der Waals surface area contributed by atoms with E-state index in [1.54, 1.807) is 0 Å². The molecule has 0 aliphatic heterocycles. The first-order valence-electron chi connectivity index (χ1n) is 16.3. The Morgan fingerprint density at radius 1 is 0.500 bits per heavy atom. The fourth-order valence-electron chi connectivity index (χ4n) is 7.47. The standard InChI is InChI=1S/C44H29N3O/c1-28-11-9-18-38-42(28)47(31-12-3-2-4-13-31)44(45-38)29-21-24-32(25-22-29)46-39-19-7-5-14-34(39)37-27-30(23-26-40(37)46)33-16-10-17-36-35-15-6-8-20-41(35)48-43(33)36/h2-27H,1H3. The molecule has 3 aromatic heterocycles. The minimum atomic E-state index is 0.913. The van der Waals surface area contributed by atoms with Gasteiger partial charge in [-0.3, -0.25) is 4.57 Å². The molecule has 0 N–H and O–H groups in total. The van der Waals surface area contributed by atoms with E-state index in [1.165, 1.54) is 21.9 Å². The Kier molecular flexibility index (Phi) is 5.75. The second-order valence-electron chi connectivity index (χ2n) is 12.5. The lowest BCUT2D eigenvalue weighted by Crippen LogP contribution is -1.99. The number of aromatic nitrogens is 3. The van der Waals surface area contributed by atoms with E-state index in [1.807, 2.05) is 12.1 Å². The SMILES string of the molecule is Cc1cccc2nc(-c3ccc(-n4c5ccccc5c5cc(-c6cccc7c6oc6ccccc67)ccc54)cc3)n(-c3ccccc3)c12. The van der Waals surface area contributed by atoms with E-state index in [-0.39, 0.29) is 0 Å². The van der Waals surface area contributed by atoms with Gasteiger partial charge in [0.25, 0.3) is 0 Å². The number of fused-ring (bicyclic) bond motifs is 7. The molecule has 0 saturated heterocycles. The summed E-state index contributed by atoms with van der Waals surface area (Å²) in [5.41, 5.74) is 13.0. The van der Waals surface area contributed by atoms with E-state index in [0.29, 0.717) is 0 Å². The molecule has 0 aliphatic carbocycles. The van der Waals surface area contributed by atoms with E-state index >= 15 is 0 Å². The number of aryl methyl sites for hydroxylation is 1. The first kappa shape index (κ1) is 26.8. The van der Waals surface area contributed by atoms with Gasteiger partial charge in [0.05, 0.1) is 22.1 Å². The van der Waals surface area contributed by atoms with E-state index in [4.69, 9.17) is 9.40 Å². The predicted molar refractivity (Wildman–Crippen MR) is 198 cm³/mol. The van der Waals surface area contributed by atoms with Crippen molar-refractivity contribution in [1.82, 2.24) is 14.1 Å². The quantitative estimate of drug-likeness (QED) is 0.197. The molecule has 0 bridgehead atoms. The second kappa shape index (κ2) is 10.3. The fraction of sp³-hybridized carbons (Fsp3) is 0.0227. The van der Waals surface area contributed by atoms with Crippen LogP contribution in [-0.4, -0.2) is 14.1 Å². The summed E-state index contributed by atoms with van der Waals surface area (Å²) in [6, 6.07) is 55.8. The Hall–Kier alpha value is -6.39. The maximum absolute atomic E-state index is 6.41. The molecule has 0 atom stereocenters. The molecule has 226 valence electrons. The highest BCUT2D eigenvalue weighted by molar-refractivity contribution is 6.13. The van der Waals surface area contributed by atoms with Gasteiger partial charge in [0.2, 0.25) is 0 Å². The van der Waals surface area contributed by atoms with E-state index in [0.717, 1.165) is 72.4 Å². The van der Waals surface area contributed by atoms with Crippen molar-refractivity contribution in [2.24, 2.45) is 0 Å². The second-order valence-corrected chi connectivity index (χ2v) is 12.5. The summed E-state index contributed by atoms with van der Waals surface area (Å²) in [5, 5.41) is 4.71. The minimum Gasteiger partial charge on any atom is -0.455 e. The van der Waals surface area contributed by atoms with Crippen LogP contribution in [-0.2, 0) is 0 Å². The first-order valence-corrected chi connectivity index (χ1v) is 16.3. The zero-order valence-electron chi connectivity index (χ0n) is 26.3.